The lowest BCUT2D eigenvalue weighted by Crippen LogP contribution is -2.37. The van der Waals surface area contributed by atoms with E-state index in [1.807, 2.05) is 56.3 Å². The quantitative estimate of drug-likeness (QED) is 0.157. The van der Waals surface area contributed by atoms with Gasteiger partial charge in [0.15, 0.2) is 0 Å². The zero-order valence-electron chi connectivity index (χ0n) is 29.7. The molecule has 1 aliphatic heterocycles. The van der Waals surface area contributed by atoms with Crippen molar-refractivity contribution >= 4 is 70.5 Å². The third-order valence-corrected chi connectivity index (χ3v) is 10.9. The van der Waals surface area contributed by atoms with Gasteiger partial charge in [-0.3, -0.25) is 23.5 Å². The van der Waals surface area contributed by atoms with Crippen molar-refractivity contribution in [2.45, 2.75) is 92.2 Å². The number of hydrogen-bond donors (Lipinski definition) is 2. The summed E-state index contributed by atoms with van der Waals surface area (Å²) in [5.41, 5.74) is 2.72. The van der Waals surface area contributed by atoms with Gasteiger partial charge in [0.05, 0.1) is 47.4 Å². The van der Waals surface area contributed by atoms with Gasteiger partial charge in [-0.2, -0.15) is 0 Å². The largest absolute Gasteiger partial charge is 0.494 e. The number of nitrogens with zero attached hydrogens (tertiary/aromatic N) is 3. The van der Waals surface area contributed by atoms with E-state index < -0.39 is 16.7 Å². The maximum absolute atomic E-state index is 14.6. The molecule has 10 heteroatoms. The number of halogens is 2. The van der Waals surface area contributed by atoms with E-state index in [-0.39, 0.29) is 51.5 Å². The van der Waals surface area contributed by atoms with Gasteiger partial charge in [0, 0.05) is 29.7 Å². The molecule has 4 aromatic rings. The summed E-state index contributed by atoms with van der Waals surface area (Å²) in [4.78, 5) is 48.4. The first-order valence-corrected chi connectivity index (χ1v) is 18.6. The number of aromatic hydroxyl groups is 1. The highest BCUT2D eigenvalue weighted by Crippen LogP contribution is 2.47. The van der Waals surface area contributed by atoms with Crippen LogP contribution in [0.15, 0.2) is 76.9 Å². The molecule has 0 atom stereocenters. The van der Waals surface area contributed by atoms with E-state index in [1.165, 1.54) is 9.13 Å². The fraction of sp³-hybridized carbons (Fsp3) is 0.350. The smallest absolute Gasteiger partial charge is 0.263 e. The Morgan fingerprint density at radius 3 is 1.90 bits per heavy atom. The van der Waals surface area contributed by atoms with E-state index in [4.69, 9.17) is 4.99 Å². The summed E-state index contributed by atoms with van der Waals surface area (Å²) in [5, 5.41) is 16.9. The molecule has 0 amide bonds. The number of hydrogen-bond acceptors (Lipinski definition) is 6. The van der Waals surface area contributed by atoms with Gasteiger partial charge in [-0.25, -0.2) is 4.99 Å². The van der Waals surface area contributed by atoms with Gasteiger partial charge in [-0.1, -0.05) is 79.7 Å². The second kappa shape index (κ2) is 12.9. The van der Waals surface area contributed by atoms with Gasteiger partial charge < -0.3 is 10.4 Å². The molecule has 1 aliphatic carbocycles. The highest BCUT2D eigenvalue weighted by Gasteiger charge is 2.33. The molecule has 1 aromatic heterocycles. The Morgan fingerprint density at radius 2 is 1.28 bits per heavy atom. The van der Waals surface area contributed by atoms with E-state index in [9.17, 15) is 19.5 Å². The summed E-state index contributed by atoms with van der Waals surface area (Å²) in [6.07, 6.45) is 1.13. The highest BCUT2D eigenvalue weighted by molar-refractivity contribution is 9.11. The number of anilines is 2. The number of rotatable bonds is 7. The zero-order valence-corrected chi connectivity index (χ0v) is 32.9. The molecule has 260 valence electrons. The van der Waals surface area contributed by atoms with Crippen LogP contribution in [0.1, 0.15) is 79.4 Å². The van der Waals surface area contributed by atoms with Crippen molar-refractivity contribution < 1.29 is 5.11 Å². The fourth-order valence-electron chi connectivity index (χ4n) is 6.70. The number of pyridine rings is 2. The van der Waals surface area contributed by atoms with Crippen LogP contribution in [0.3, 0.4) is 0 Å². The van der Waals surface area contributed by atoms with E-state index in [1.54, 1.807) is 0 Å². The average molecular weight is 803 g/mol. The number of aromatic nitrogens is 2. The van der Waals surface area contributed by atoms with Crippen molar-refractivity contribution in [1.82, 2.24) is 9.13 Å². The first-order chi connectivity index (χ1) is 23.5. The molecule has 0 radical (unpaired) electrons. The Kier molecular flexibility index (Phi) is 9.27. The minimum atomic E-state index is -0.484. The Hall–Kier alpha value is -4.02. The molecular formula is C40H42Br2N4O4. The monoisotopic (exact) mass is 800 g/mol. The second-order valence-corrected chi connectivity index (χ2v) is 16.6. The zero-order chi connectivity index (χ0) is 36.4. The molecule has 50 heavy (non-hydrogen) atoms. The summed E-state index contributed by atoms with van der Waals surface area (Å²) >= 11 is 7.49. The van der Waals surface area contributed by atoms with E-state index >= 15 is 0 Å². The van der Waals surface area contributed by atoms with Crippen molar-refractivity contribution in [3.63, 3.8) is 0 Å². The van der Waals surface area contributed by atoms with E-state index in [0.29, 0.717) is 49.5 Å². The van der Waals surface area contributed by atoms with Crippen LogP contribution in [0, 0.1) is 0 Å². The van der Waals surface area contributed by atoms with Gasteiger partial charge >= 0.3 is 0 Å². The summed E-state index contributed by atoms with van der Waals surface area (Å²) < 4.78 is 3.32. The van der Waals surface area contributed by atoms with Crippen LogP contribution in [0.5, 0.6) is 5.88 Å². The molecule has 3 aromatic carbocycles. The molecule has 0 saturated heterocycles. The minimum absolute atomic E-state index is 0.140. The molecule has 2 aliphatic rings. The lowest BCUT2D eigenvalue weighted by molar-refractivity contribution is 0.412. The molecule has 0 saturated carbocycles. The Bertz CT molecular complexity index is 2500. The van der Waals surface area contributed by atoms with Crippen LogP contribution in [0.25, 0.3) is 32.7 Å². The van der Waals surface area contributed by atoms with Crippen molar-refractivity contribution in [3.8, 4) is 17.0 Å². The Labute approximate surface area is 307 Å². The van der Waals surface area contributed by atoms with E-state index in [0.717, 1.165) is 16.8 Å². The molecule has 2 heterocycles. The molecule has 8 nitrogen and oxygen atoms in total. The van der Waals surface area contributed by atoms with Gasteiger partial charge in [-0.15, -0.1) is 0 Å². The third-order valence-electron chi connectivity index (χ3n) is 9.30. The standard InChI is InChI=1S/C40H42Br2N4O4/c1-9-17-45-35(47)27-25-26-29(33(31(27)41)43-23-15-11-13-21(19-23)39(3,4)5)37(49)46(18-10-2)38(50)30(26)34(32(42)28(25)36(45)48)44-24-16-12-14-22(20-24)40(6,7)8/h11-16,19-20,43,50H,9-10,17-18H2,1-8H3. The Morgan fingerprint density at radius 1 is 0.700 bits per heavy atom. The lowest BCUT2D eigenvalue weighted by Gasteiger charge is -2.25. The van der Waals surface area contributed by atoms with E-state index in [2.05, 4.69) is 84.8 Å². The summed E-state index contributed by atoms with van der Waals surface area (Å²) in [5.74, 6) is -0.271. The van der Waals surface area contributed by atoms with Crippen molar-refractivity contribution in [2.75, 3.05) is 5.32 Å². The van der Waals surface area contributed by atoms with Crippen molar-refractivity contribution in [2.24, 2.45) is 4.99 Å². The molecule has 2 N–H and O–H groups in total. The van der Waals surface area contributed by atoms with Gasteiger partial charge in [0.25, 0.3) is 16.7 Å². The topological polar surface area (TPSA) is 106 Å². The Balaban J connectivity index is 1.90. The molecule has 0 unspecified atom stereocenters. The second-order valence-electron chi connectivity index (χ2n) is 15.0. The summed E-state index contributed by atoms with van der Waals surface area (Å²) in [6.45, 7) is 17.0. The van der Waals surface area contributed by atoms with Crippen LogP contribution in [0.4, 0.5) is 17.1 Å². The number of benzene rings is 4. The molecule has 6 rings (SSSR count). The molecule has 0 bridgehead atoms. The molecule has 0 spiro atoms. The summed E-state index contributed by atoms with van der Waals surface area (Å²) in [6, 6.07) is 15.8. The highest BCUT2D eigenvalue weighted by atomic mass is 79.9. The fourth-order valence-corrected chi connectivity index (χ4v) is 8.02. The van der Waals surface area contributed by atoms with Crippen molar-refractivity contribution in [3.05, 3.63) is 105 Å². The predicted molar refractivity (Wildman–Crippen MR) is 212 cm³/mol. The SMILES string of the molecule is CCCn1c(O)c2c(=Nc3cccc(C(C)(C)C)c3)c(Br)c3c(=O)n(CCC)c(=O)c4c(Br)c(Nc5cccc(C(C)(C)C)c5)c(c1=O)c2c4-3. The van der Waals surface area contributed by atoms with Gasteiger partial charge in [-0.05, 0) is 90.9 Å². The maximum Gasteiger partial charge on any atom is 0.263 e. The van der Waals surface area contributed by atoms with Crippen molar-refractivity contribution in [1.29, 1.82) is 0 Å². The molecular weight excluding hydrogens is 760 g/mol. The minimum Gasteiger partial charge on any atom is -0.494 e. The van der Waals surface area contributed by atoms with Crippen LogP contribution >= 0.6 is 31.9 Å². The first kappa shape index (κ1) is 35.8. The average Bonchev–Trinajstić information content (AvgIpc) is 3.05. The predicted octanol–water partition coefficient (Wildman–Crippen LogP) is 9.28. The maximum atomic E-state index is 14.6. The van der Waals surface area contributed by atoms with Gasteiger partial charge in [0.2, 0.25) is 5.88 Å². The lowest BCUT2D eigenvalue weighted by atomic mass is 9.86. The van der Waals surface area contributed by atoms with Crippen LogP contribution < -0.4 is 27.4 Å². The molecule has 0 fully saturated rings. The van der Waals surface area contributed by atoms with Crippen LogP contribution in [-0.4, -0.2) is 14.2 Å². The number of nitrogens with one attached hydrogen (secondary N) is 1. The normalized spacial score (nSPS) is 13.0. The van der Waals surface area contributed by atoms with Crippen LogP contribution in [-0.2, 0) is 23.9 Å². The van der Waals surface area contributed by atoms with Gasteiger partial charge in [0.1, 0.15) is 0 Å². The summed E-state index contributed by atoms with van der Waals surface area (Å²) in [7, 11) is 0. The first-order valence-electron chi connectivity index (χ1n) is 17.0. The van der Waals surface area contributed by atoms with Crippen LogP contribution in [0.2, 0.25) is 0 Å². The third kappa shape index (κ3) is 5.84.